The van der Waals surface area contributed by atoms with Gasteiger partial charge in [0.25, 0.3) is 0 Å². The maximum atomic E-state index is 12.4. The Morgan fingerprint density at radius 3 is 1.69 bits per heavy atom. The standard InChI is InChI=1S/C33H58O3/c1-3-5-7-9-11-12-13-14-15-17-19-21-26-31(34)28-29-33(35)36-32-27-23-22-25-30(32)24-20-18-16-10-8-6-4-2/h22-23,25,27,31,34H,3-21,24,26,28-29H2,1-2H3. The van der Waals surface area contributed by atoms with Gasteiger partial charge in [0.05, 0.1) is 6.10 Å². The highest BCUT2D eigenvalue weighted by atomic mass is 16.5. The van der Waals surface area contributed by atoms with E-state index in [1.165, 1.54) is 109 Å². The van der Waals surface area contributed by atoms with Crippen LogP contribution in [-0.2, 0) is 11.2 Å². The fraction of sp³-hybridized carbons (Fsp3) is 0.788. The quantitative estimate of drug-likeness (QED) is 0.0821. The molecule has 0 saturated carbocycles. The summed E-state index contributed by atoms with van der Waals surface area (Å²) < 4.78 is 5.67. The van der Waals surface area contributed by atoms with E-state index in [9.17, 15) is 9.90 Å². The van der Waals surface area contributed by atoms with Gasteiger partial charge in [-0.3, -0.25) is 4.79 Å². The third-order valence-corrected chi connectivity index (χ3v) is 7.32. The fourth-order valence-corrected chi connectivity index (χ4v) is 4.91. The van der Waals surface area contributed by atoms with Crippen molar-refractivity contribution in [2.24, 2.45) is 0 Å². The summed E-state index contributed by atoms with van der Waals surface area (Å²) in [6.45, 7) is 4.52. The van der Waals surface area contributed by atoms with Gasteiger partial charge >= 0.3 is 5.97 Å². The van der Waals surface area contributed by atoms with Gasteiger partial charge < -0.3 is 9.84 Å². The minimum absolute atomic E-state index is 0.226. The first-order valence-electron chi connectivity index (χ1n) is 15.6. The number of para-hydroxylation sites is 1. The number of ether oxygens (including phenoxy) is 1. The molecule has 0 saturated heterocycles. The first kappa shape index (κ1) is 32.7. The SMILES string of the molecule is CCCCCCCCCCCCCCC(O)CCC(=O)Oc1ccccc1CCCCCCCCC. The van der Waals surface area contributed by atoms with Crippen LogP contribution in [0.15, 0.2) is 24.3 Å². The minimum Gasteiger partial charge on any atom is -0.426 e. The van der Waals surface area contributed by atoms with Crippen molar-refractivity contribution in [3.63, 3.8) is 0 Å². The van der Waals surface area contributed by atoms with E-state index >= 15 is 0 Å². The number of benzene rings is 1. The van der Waals surface area contributed by atoms with Crippen LogP contribution in [0.3, 0.4) is 0 Å². The Balaban J connectivity index is 2.07. The van der Waals surface area contributed by atoms with Crippen molar-refractivity contribution in [1.29, 1.82) is 0 Å². The topological polar surface area (TPSA) is 46.5 Å². The monoisotopic (exact) mass is 502 g/mol. The second-order valence-corrected chi connectivity index (χ2v) is 10.8. The highest BCUT2D eigenvalue weighted by Crippen LogP contribution is 2.22. The van der Waals surface area contributed by atoms with E-state index in [-0.39, 0.29) is 12.4 Å². The van der Waals surface area contributed by atoms with Crippen molar-refractivity contribution in [3.05, 3.63) is 29.8 Å². The highest BCUT2D eigenvalue weighted by Gasteiger charge is 2.12. The molecule has 0 aliphatic heterocycles. The summed E-state index contributed by atoms with van der Waals surface area (Å²) >= 11 is 0. The van der Waals surface area contributed by atoms with Gasteiger partial charge in [0.1, 0.15) is 5.75 Å². The van der Waals surface area contributed by atoms with E-state index in [1.54, 1.807) is 0 Å². The molecule has 208 valence electrons. The molecule has 0 radical (unpaired) electrons. The van der Waals surface area contributed by atoms with Crippen LogP contribution in [-0.4, -0.2) is 17.2 Å². The van der Waals surface area contributed by atoms with Crippen LogP contribution >= 0.6 is 0 Å². The average Bonchev–Trinajstić information content (AvgIpc) is 2.88. The van der Waals surface area contributed by atoms with Crippen LogP contribution in [0, 0.1) is 0 Å². The molecule has 1 N–H and O–H groups in total. The number of aliphatic hydroxyl groups is 1. The zero-order chi connectivity index (χ0) is 26.1. The molecule has 1 unspecified atom stereocenters. The number of unbranched alkanes of at least 4 members (excludes halogenated alkanes) is 17. The molecule has 1 atom stereocenters. The lowest BCUT2D eigenvalue weighted by Crippen LogP contribution is -2.14. The lowest BCUT2D eigenvalue weighted by Gasteiger charge is -2.12. The zero-order valence-electron chi connectivity index (χ0n) is 23.9. The number of carbonyl (C=O) groups is 1. The smallest absolute Gasteiger partial charge is 0.311 e. The number of carbonyl (C=O) groups excluding carboxylic acids is 1. The van der Waals surface area contributed by atoms with Crippen molar-refractivity contribution < 1.29 is 14.6 Å². The molecule has 3 heteroatoms. The van der Waals surface area contributed by atoms with Crippen molar-refractivity contribution in [1.82, 2.24) is 0 Å². The van der Waals surface area contributed by atoms with E-state index in [2.05, 4.69) is 19.9 Å². The molecule has 0 aliphatic carbocycles. The van der Waals surface area contributed by atoms with Gasteiger partial charge in [-0.1, -0.05) is 148 Å². The van der Waals surface area contributed by atoms with Crippen molar-refractivity contribution in [2.75, 3.05) is 0 Å². The molecule has 1 rings (SSSR count). The summed E-state index contributed by atoms with van der Waals surface area (Å²) in [7, 11) is 0. The van der Waals surface area contributed by atoms with Gasteiger partial charge in [0, 0.05) is 6.42 Å². The lowest BCUT2D eigenvalue weighted by atomic mass is 10.0. The molecule has 0 spiro atoms. The molecule has 0 aliphatic rings. The Kier molecular flexibility index (Phi) is 21.8. The van der Waals surface area contributed by atoms with Gasteiger partial charge in [-0.15, -0.1) is 0 Å². The lowest BCUT2D eigenvalue weighted by molar-refractivity contribution is -0.135. The van der Waals surface area contributed by atoms with Crippen molar-refractivity contribution in [3.8, 4) is 5.75 Å². The fourth-order valence-electron chi connectivity index (χ4n) is 4.91. The number of rotatable bonds is 25. The Labute approximate surface area is 223 Å². The largest absolute Gasteiger partial charge is 0.426 e. The maximum absolute atomic E-state index is 12.4. The number of aliphatic hydroxyl groups excluding tert-OH is 1. The summed E-state index contributed by atoms with van der Waals surface area (Å²) in [6.07, 6.45) is 26.9. The molecule has 1 aromatic rings. The van der Waals surface area contributed by atoms with E-state index in [4.69, 9.17) is 4.74 Å². The van der Waals surface area contributed by atoms with E-state index in [0.717, 1.165) is 31.2 Å². The summed E-state index contributed by atoms with van der Waals surface area (Å²) in [5.41, 5.74) is 1.12. The van der Waals surface area contributed by atoms with Crippen LogP contribution in [0.1, 0.15) is 161 Å². The molecule has 1 aromatic carbocycles. The molecule has 36 heavy (non-hydrogen) atoms. The molecule has 0 aromatic heterocycles. The number of esters is 1. The Hall–Kier alpha value is -1.35. The second kappa shape index (κ2) is 24.0. The van der Waals surface area contributed by atoms with Gasteiger partial charge in [0.15, 0.2) is 0 Å². The summed E-state index contributed by atoms with van der Waals surface area (Å²) in [4.78, 5) is 12.4. The van der Waals surface area contributed by atoms with E-state index in [1.807, 2.05) is 18.2 Å². The van der Waals surface area contributed by atoms with Gasteiger partial charge in [-0.2, -0.15) is 0 Å². The first-order valence-corrected chi connectivity index (χ1v) is 15.6. The normalized spacial score (nSPS) is 12.1. The second-order valence-electron chi connectivity index (χ2n) is 10.8. The number of hydrogen-bond acceptors (Lipinski definition) is 3. The van der Waals surface area contributed by atoms with Crippen molar-refractivity contribution in [2.45, 2.75) is 168 Å². The molecular formula is C33H58O3. The van der Waals surface area contributed by atoms with Crippen molar-refractivity contribution >= 4 is 5.97 Å². The number of hydrogen-bond donors (Lipinski definition) is 1. The molecule has 0 heterocycles. The third kappa shape index (κ3) is 18.9. The average molecular weight is 503 g/mol. The summed E-state index contributed by atoms with van der Waals surface area (Å²) in [5.74, 6) is 0.472. The highest BCUT2D eigenvalue weighted by molar-refractivity contribution is 5.72. The third-order valence-electron chi connectivity index (χ3n) is 7.32. The number of aryl methyl sites for hydroxylation is 1. The molecule has 0 bridgehead atoms. The predicted molar refractivity (Wildman–Crippen MR) is 155 cm³/mol. The van der Waals surface area contributed by atoms with Crippen LogP contribution < -0.4 is 4.74 Å². The Morgan fingerprint density at radius 1 is 0.667 bits per heavy atom. The molecule has 3 nitrogen and oxygen atoms in total. The van der Waals surface area contributed by atoms with E-state index in [0.29, 0.717) is 12.2 Å². The summed E-state index contributed by atoms with van der Waals surface area (Å²) in [6, 6.07) is 7.92. The van der Waals surface area contributed by atoms with Gasteiger partial charge in [-0.25, -0.2) is 0 Å². The van der Waals surface area contributed by atoms with Gasteiger partial charge in [0.2, 0.25) is 0 Å². The molecule has 0 amide bonds. The maximum Gasteiger partial charge on any atom is 0.311 e. The Morgan fingerprint density at radius 2 is 1.14 bits per heavy atom. The van der Waals surface area contributed by atoms with E-state index < -0.39 is 6.10 Å². The summed E-state index contributed by atoms with van der Waals surface area (Å²) in [5, 5.41) is 10.3. The van der Waals surface area contributed by atoms with Crippen LogP contribution in [0.25, 0.3) is 0 Å². The Bertz CT molecular complexity index is 627. The van der Waals surface area contributed by atoms with Crippen LogP contribution in [0.4, 0.5) is 0 Å². The minimum atomic E-state index is -0.399. The molecule has 0 fully saturated rings. The first-order chi connectivity index (χ1) is 17.7. The van der Waals surface area contributed by atoms with Gasteiger partial charge in [-0.05, 0) is 37.3 Å². The van der Waals surface area contributed by atoms with Crippen LogP contribution in [0.2, 0.25) is 0 Å². The predicted octanol–water partition coefficient (Wildman–Crippen LogP) is 10.1. The van der Waals surface area contributed by atoms with Crippen LogP contribution in [0.5, 0.6) is 5.75 Å². The zero-order valence-corrected chi connectivity index (χ0v) is 23.9. The molecular weight excluding hydrogens is 444 g/mol.